The standard InChI is InChI=1S/C14H23N3O3S/c1-11(15)4-9-14(18)16-10-12-5-7-13(8-6-12)21(19,20)17(2)3/h5-8,11H,4,9-10,15H2,1-3H3,(H,16,18). The third-order valence-corrected chi connectivity index (χ3v) is 4.85. The smallest absolute Gasteiger partial charge is 0.242 e. The summed E-state index contributed by atoms with van der Waals surface area (Å²) in [5.74, 6) is -0.0581. The molecule has 0 bridgehead atoms. The fourth-order valence-corrected chi connectivity index (χ4v) is 2.54. The average molecular weight is 313 g/mol. The van der Waals surface area contributed by atoms with Gasteiger partial charge in [0.2, 0.25) is 15.9 Å². The lowest BCUT2D eigenvalue weighted by Crippen LogP contribution is -2.25. The minimum atomic E-state index is -3.41. The molecule has 7 heteroatoms. The van der Waals surface area contributed by atoms with Crippen molar-refractivity contribution in [3.8, 4) is 0 Å². The van der Waals surface area contributed by atoms with E-state index in [0.29, 0.717) is 19.4 Å². The highest BCUT2D eigenvalue weighted by Gasteiger charge is 2.16. The molecule has 0 saturated heterocycles. The summed E-state index contributed by atoms with van der Waals surface area (Å²) < 4.78 is 25.0. The van der Waals surface area contributed by atoms with Crippen molar-refractivity contribution in [3.63, 3.8) is 0 Å². The Bertz CT molecular complexity index is 566. The Morgan fingerprint density at radius 2 is 1.86 bits per heavy atom. The van der Waals surface area contributed by atoms with Crippen LogP contribution in [0.25, 0.3) is 0 Å². The molecule has 0 aliphatic carbocycles. The third-order valence-electron chi connectivity index (χ3n) is 3.02. The van der Waals surface area contributed by atoms with Crippen molar-refractivity contribution in [2.75, 3.05) is 14.1 Å². The first-order valence-electron chi connectivity index (χ1n) is 6.77. The minimum absolute atomic E-state index is 0.00581. The van der Waals surface area contributed by atoms with Gasteiger partial charge in [0.15, 0.2) is 0 Å². The van der Waals surface area contributed by atoms with Gasteiger partial charge in [0.25, 0.3) is 0 Å². The van der Waals surface area contributed by atoms with E-state index in [1.54, 1.807) is 24.3 Å². The van der Waals surface area contributed by atoms with Crippen LogP contribution >= 0.6 is 0 Å². The molecular formula is C14H23N3O3S. The average Bonchev–Trinajstić information content (AvgIpc) is 2.43. The molecule has 3 N–H and O–H groups in total. The molecule has 21 heavy (non-hydrogen) atoms. The fraction of sp³-hybridized carbons (Fsp3) is 0.500. The summed E-state index contributed by atoms with van der Waals surface area (Å²) in [6.45, 7) is 2.23. The predicted octanol–water partition coefficient (Wildman–Crippen LogP) is 0.681. The molecule has 1 unspecified atom stereocenters. The van der Waals surface area contributed by atoms with Crippen molar-refractivity contribution in [1.29, 1.82) is 0 Å². The highest BCUT2D eigenvalue weighted by Crippen LogP contribution is 2.13. The highest BCUT2D eigenvalue weighted by atomic mass is 32.2. The summed E-state index contributed by atoms with van der Waals surface area (Å²) in [5.41, 5.74) is 6.44. The maximum absolute atomic E-state index is 11.9. The molecule has 0 radical (unpaired) electrons. The summed E-state index contributed by atoms with van der Waals surface area (Å²) in [7, 11) is -0.435. The Labute approximate surface area is 126 Å². The molecule has 118 valence electrons. The largest absolute Gasteiger partial charge is 0.352 e. The number of nitrogens with two attached hydrogens (primary N) is 1. The van der Waals surface area contributed by atoms with E-state index in [9.17, 15) is 13.2 Å². The molecule has 0 fully saturated rings. The van der Waals surface area contributed by atoms with E-state index >= 15 is 0 Å². The Morgan fingerprint density at radius 3 is 2.33 bits per heavy atom. The molecule has 0 aliphatic rings. The van der Waals surface area contributed by atoms with Gasteiger partial charge in [-0.25, -0.2) is 12.7 Å². The number of sulfonamides is 1. The summed E-state index contributed by atoms with van der Waals surface area (Å²) in [5, 5.41) is 2.78. The van der Waals surface area contributed by atoms with Gasteiger partial charge in [-0.2, -0.15) is 0 Å². The van der Waals surface area contributed by atoms with E-state index < -0.39 is 10.0 Å². The molecule has 1 aromatic rings. The molecule has 0 aliphatic heterocycles. The molecule has 1 amide bonds. The van der Waals surface area contributed by atoms with Crippen LogP contribution in [0.2, 0.25) is 0 Å². The number of nitrogens with zero attached hydrogens (tertiary/aromatic N) is 1. The van der Waals surface area contributed by atoms with E-state index in [0.717, 1.165) is 9.87 Å². The quantitative estimate of drug-likeness (QED) is 0.774. The van der Waals surface area contributed by atoms with Crippen LogP contribution in [0, 0.1) is 0 Å². The first kappa shape index (κ1) is 17.6. The van der Waals surface area contributed by atoms with Crippen LogP contribution in [0.5, 0.6) is 0 Å². The van der Waals surface area contributed by atoms with Gasteiger partial charge < -0.3 is 11.1 Å². The topological polar surface area (TPSA) is 92.5 Å². The molecular weight excluding hydrogens is 290 g/mol. The second kappa shape index (κ2) is 7.53. The molecule has 0 saturated carbocycles. The monoisotopic (exact) mass is 313 g/mol. The van der Waals surface area contributed by atoms with Crippen molar-refractivity contribution < 1.29 is 13.2 Å². The zero-order valence-electron chi connectivity index (χ0n) is 12.7. The lowest BCUT2D eigenvalue weighted by molar-refractivity contribution is -0.121. The van der Waals surface area contributed by atoms with E-state index in [4.69, 9.17) is 5.73 Å². The first-order chi connectivity index (χ1) is 9.73. The lowest BCUT2D eigenvalue weighted by atomic mass is 10.2. The van der Waals surface area contributed by atoms with Gasteiger partial charge in [0.1, 0.15) is 0 Å². The molecule has 0 aromatic heterocycles. The van der Waals surface area contributed by atoms with Gasteiger partial charge in [0.05, 0.1) is 4.90 Å². The van der Waals surface area contributed by atoms with Crippen molar-refractivity contribution >= 4 is 15.9 Å². The molecule has 0 heterocycles. The molecule has 1 aromatic carbocycles. The van der Waals surface area contributed by atoms with Crippen LogP contribution in [-0.2, 0) is 21.4 Å². The minimum Gasteiger partial charge on any atom is -0.352 e. The fourth-order valence-electron chi connectivity index (χ4n) is 1.64. The van der Waals surface area contributed by atoms with Crippen LogP contribution < -0.4 is 11.1 Å². The second-order valence-corrected chi connectivity index (χ2v) is 7.38. The van der Waals surface area contributed by atoms with E-state index in [-0.39, 0.29) is 16.8 Å². The Morgan fingerprint density at radius 1 is 1.29 bits per heavy atom. The van der Waals surface area contributed by atoms with Crippen LogP contribution in [-0.4, -0.2) is 38.8 Å². The number of amides is 1. The van der Waals surface area contributed by atoms with Crippen molar-refractivity contribution in [1.82, 2.24) is 9.62 Å². The molecule has 6 nitrogen and oxygen atoms in total. The number of nitrogens with one attached hydrogen (secondary N) is 1. The van der Waals surface area contributed by atoms with Gasteiger partial charge in [0, 0.05) is 33.1 Å². The molecule has 1 atom stereocenters. The molecule has 1 rings (SSSR count). The number of hydrogen-bond donors (Lipinski definition) is 2. The van der Waals surface area contributed by atoms with Gasteiger partial charge in [-0.05, 0) is 31.0 Å². The van der Waals surface area contributed by atoms with Crippen molar-refractivity contribution in [3.05, 3.63) is 29.8 Å². The third kappa shape index (κ3) is 5.45. The summed E-state index contributed by atoms with van der Waals surface area (Å²) in [6, 6.07) is 6.48. The maximum atomic E-state index is 11.9. The summed E-state index contributed by atoms with van der Waals surface area (Å²) in [4.78, 5) is 11.8. The number of carbonyl (C=O) groups is 1. The number of hydrogen-bond acceptors (Lipinski definition) is 4. The van der Waals surface area contributed by atoms with Crippen molar-refractivity contribution in [2.45, 2.75) is 37.2 Å². The van der Waals surface area contributed by atoms with Crippen LogP contribution in [0.15, 0.2) is 29.2 Å². The Kier molecular flexibility index (Phi) is 6.32. The van der Waals surface area contributed by atoms with Gasteiger partial charge in [-0.1, -0.05) is 12.1 Å². The van der Waals surface area contributed by atoms with Gasteiger partial charge >= 0.3 is 0 Å². The van der Waals surface area contributed by atoms with Crippen LogP contribution in [0.4, 0.5) is 0 Å². The number of rotatable bonds is 7. The second-order valence-electron chi connectivity index (χ2n) is 5.22. The van der Waals surface area contributed by atoms with E-state index in [1.165, 1.54) is 14.1 Å². The lowest BCUT2D eigenvalue weighted by Gasteiger charge is -2.12. The molecule has 0 spiro atoms. The Hall–Kier alpha value is -1.44. The maximum Gasteiger partial charge on any atom is 0.242 e. The zero-order valence-corrected chi connectivity index (χ0v) is 13.5. The normalized spacial score (nSPS) is 13.2. The van der Waals surface area contributed by atoms with Gasteiger partial charge in [-0.15, -0.1) is 0 Å². The van der Waals surface area contributed by atoms with E-state index in [2.05, 4.69) is 5.32 Å². The summed E-state index contributed by atoms with van der Waals surface area (Å²) >= 11 is 0. The van der Waals surface area contributed by atoms with Crippen LogP contribution in [0.3, 0.4) is 0 Å². The SMILES string of the molecule is CC(N)CCC(=O)NCc1ccc(S(=O)(=O)N(C)C)cc1. The van der Waals surface area contributed by atoms with E-state index in [1.807, 2.05) is 6.92 Å². The Balaban J connectivity index is 2.58. The zero-order chi connectivity index (χ0) is 16.0. The number of carbonyl (C=O) groups excluding carboxylic acids is 1. The summed E-state index contributed by atoms with van der Waals surface area (Å²) in [6.07, 6.45) is 1.04. The first-order valence-corrected chi connectivity index (χ1v) is 8.21. The number of benzene rings is 1. The van der Waals surface area contributed by atoms with Crippen LogP contribution in [0.1, 0.15) is 25.3 Å². The van der Waals surface area contributed by atoms with Crippen molar-refractivity contribution in [2.24, 2.45) is 5.73 Å². The predicted molar refractivity (Wildman–Crippen MR) is 82.0 cm³/mol. The highest BCUT2D eigenvalue weighted by molar-refractivity contribution is 7.89. The van der Waals surface area contributed by atoms with Gasteiger partial charge in [-0.3, -0.25) is 4.79 Å².